The molecule has 9 heteroatoms. The second-order valence-electron chi connectivity index (χ2n) is 7.73. The molecule has 1 N–H and O–H groups in total. The zero-order valence-electron chi connectivity index (χ0n) is 16.8. The molecule has 0 bridgehead atoms. The third-order valence-electron chi connectivity index (χ3n) is 5.74. The van der Waals surface area contributed by atoms with E-state index in [9.17, 15) is 18.0 Å². The summed E-state index contributed by atoms with van der Waals surface area (Å²) in [6.45, 7) is 4.01. The summed E-state index contributed by atoms with van der Waals surface area (Å²) < 4.78 is 29.4. The van der Waals surface area contributed by atoms with E-state index in [1.54, 1.807) is 34.9 Å². The van der Waals surface area contributed by atoms with Crippen LogP contribution in [0, 0.1) is 12.8 Å². The lowest BCUT2D eigenvalue weighted by atomic mass is 10.1. The number of carbonyl (C=O) groups excluding carboxylic acids is 2. The van der Waals surface area contributed by atoms with Crippen molar-refractivity contribution in [3.63, 3.8) is 0 Å². The minimum Gasteiger partial charge on any atom is -0.449 e. The molecular formula is C20H29N3O5S. The Balaban J connectivity index is 1.46. The highest BCUT2D eigenvalue weighted by Crippen LogP contribution is 2.27. The number of hydrogen-bond donors (Lipinski definition) is 2. The number of anilines is 1. The molecule has 1 aromatic rings. The highest BCUT2D eigenvalue weighted by atomic mass is 32.2. The van der Waals surface area contributed by atoms with Gasteiger partial charge in [-0.05, 0) is 43.0 Å². The number of ether oxygens (including phenoxy) is 1. The molecule has 1 aliphatic heterocycles. The summed E-state index contributed by atoms with van der Waals surface area (Å²) in [7, 11) is -2.74. The number of rotatable bonds is 6. The van der Waals surface area contributed by atoms with E-state index in [0.717, 1.165) is 6.42 Å². The van der Waals surface area contributed by atoms with Gasteiger partial charge in [-0.1, -0.05) is 25.7 Å². The molecule has 0 atom stereocenters. The normalized spacial score (nSPS) is 17.6. The Morgan fingerprint density at radius 3 is 2.38 bits per heavy atom. The highest BCUT2D eigenvalue weighted by Gasteiger charge is 2.26. The van der Waals surface area contributed by atoms with Gasteiger partial charge in [0, 0.05) is 31.7 Å². The molecule has 1 aromatic carbocycles. The number of piperazine rings is 1. The van der Waals surface area contributed by atoms with Crippen molar-refractivity contribution in [2.45, 2.75) is 39.0 Å². The van der Waals surface area contributed by atoms with Gasteiger partial charge in [0.1, 0.15) is 0 Å². The van der Waals surface area contributed by atoms with Gasteiger partial charge in [-0.2, -0.15) is 0 Å². The van der Waals surface area contributed by atoms with Crippen LogP contribution in [0.1, 0.15) is 48.0 Å². The van der Waals surface area contributed by atoms with Gasteiger partial charge in [0.2, 0.25) is 10.9 Å². The maximum atomic E-state index is 12.7. The van der Waals surface area contributed by atoms with Crippen LogP contribution in [0.3, 0.4) is 0 Å². The number of carbonyl (C=O) groups is 2. The Morgan fingerprint density at radius 2 is 1.76 bits per heavy atom. The molecule has 0 spiro atoms. The van der Waals surface area contributed by atoms with Crippen LogP contribution in [0.15, 0.2) is 18.2 Å². The third kappa shape index (κ3) is 5.85. The maximum absolute atomic E-state index is 12.7. The highest BCUT2D eigenvalue weighted by molar-refractivity contribution is 7.73. The summed E-state index contributed by atoms with van der Waals surface area (Å²) in [6.07, 6.45) is 5.69. The average Bonchev–Trinajstić information content (AvgIpc) is 3.22. The molecule has 1 saturated heterocycles. The van der Waals surface area contributed by atoms with Crippen LogP contribution in [0.4, 0.5) is 10.5 Å². The summed E-state index contributed by atoms with van der Waals surface area (Å²) in [5.74, 6) is 0.567. The second kappa shape index (κ2) is 9.96. The fourth-order valence-electron chi connectivity index (χ4n) is 4.00. The van der Waals surface area contributed by atoms with Crippen LogP contribution in [-0.4, -0.2) is 63.0 Å². The molecule has 0 radical (unpaired) electrons. The van der Waals surface area contributed by atoms with Gasteiger partial charge in [-0.15, -0.1) is 0 Å². The quantitative estimate of drug-likeness (QED) is 0.685. The lowest BCUT2D eigenvalue weighted by Gasteiger charge is -2.34. The van der Waals surface area contributed by atoms with Crippen LogP contribution in [0.5, 0.6) is 0 Å². The number of nitrogens with zero attached hydrogens (tertiary/aromatic N) is 2. The largest absolute Gasteiger partial charge is 0.449 e. The lowest BCUT2D eigenvalue weighted by Crippen LogP contribution is -2.50. The summed E-state index contributed by atoms with van der Waals surface area (Å²) in [5, 5.41) is 0. The Bertz CT molecular complexity index is 804. The van der Waals surface area contributed by atoms with Crippen LogP contribution in [-0.2, 0) is 15.6 Å². The predicted octanol–water partition coefficient (Wildman–Crippen LogP) is 2.41. The molecule has 2 amide bonds. The monoisotopic (exact) mass is 423 g/mol. The van der Waals surface area contributed by atoms with Gasteiger partial charge in [-0.25, -0.2) is 13.2 Å². The Kier molecular flexibility index (Phi) is 7.35. The zero-order valence-corrected chi connectivity index (χ0v) is 17.7. The molecule has 29 heavy (non-hydrogen) atoms. The van der Waals surface area contributed by atoms with Crippen molar-refractivity contribution in [1.29, 1.82) is 0 Å². The number of thiol groups is 1. The molecule has 2 fully saturated rings. The van der Waals surface area contributed by atoms with E-state index in [-0.39, 0.29) is 12.0 Å². The summed E-state index contributed by atoms with van der Waals surface area (Å²) >= 11 is 0. The molecule has 1 aliphatic carbocycles. The number of amides is 2. The first-order chi connectivity index (χ1) is 13.9. The van der Waals surface area contributed by atoms with Crippen molar-refractivity contribution in [2.24, 2.45) is 5.92 Å². The molecular weight excluding hydrogens is 394 g/mol. The fourth-order valence-corrected chi connectivity index (χ4v) is 4.45. The maximum Gasteiger partial charge on any atom is 0.409 e. The molecule has 1 heterocycles. The molecule has 0 aromatic heterocycles. The Hall–Kier alpha value is -2.29. The van der Waals surface area contributed by atoms with Crippen LogP contribution >= 0.6 is 0 Å². The minimum atomic E-state index is -2.74. The number of aryl methyl sites for hydroxylation is 1. The van der Waals surface area contributed by atoms with Crippen molar-refractivity contribution in [3.05, 3.63) is 29.3 Å². The van der Waals surface area contributed by atoms with Gasteiger partial charge in [0.05, 0.1) is 12.3 Å². The van der Waals surface area contributed by atoms with E-state index in [2.05, 4.69) is 4.72 Å². The average molecular weight is 424 g/mol. The summed E-state index contributed by atoms with van der Waals surface area (Å²) in [5.41, 5.74) is 1.64. The van der Waals surface area contributed by atoms with Crippen molar-refractivity contribution in [3.8, 4) is 0 Å². The molecule has 1 saturated carbocycles. The summed E-state index contributed by atoms with van der Waals surface area (Å²) in [6, 6.07) is 4.87. The Morgan fingerprint density at radius 1 is 1.10 bits per heavy atom. The van der Waals surface area contributed by atoms with E-state index in [1.165, 1.54) is 25.7 Å². The van der Waals surface area contributed by atoms with Gasteiger partial charge < -0.3 is 14.5 Å². The first-order valence-corrected chi connectivity index (χ1v) is 11.3. The van der Waals surface area contributed by atoms with Crippen molar-refractivity contribution in [2.75, 3.05) is 37.5 Å². The molecule has 2 aliphatic rings. The smallest absolute Gasteiger partial charge is 0.409 e. The second-order valence-corrected chi connectivity index (χ2v) is 8.47. The number of hydrogen-bond acceptors (Lipinski definition) is 5. The van der Waals surface area contributed by atoms with E-state index in [1.807, 2.05) is 0 Å². The van der Waals surface area contributed by atoms with E-state index in [4.69, 9.17) is 4.74 Å². The first kappa shape index (κ1) is 21.4. The topological polar surface area (TPSA) is 96.0 Å². The van der Waals surface area contributed by atoms with Crippen LogP contribution < -0.4 is 4.72 Å². The van der Waals surface area contributed by atoms with Gasteiger partial charge >= 0.3 is 6.09 Å². The molecule has 160 valence electrons. The zero-order chi connectivity index (χ0) is 20.8. The molecule has 0 unspecified atom stereocenters. The molecule has 3 rings (SSSR count). The van der Waals surface area contributed by atoms with Crippen LogP contribution in [0.2, 0.25) is 0 Å². The minimum absolute atomic E-state index is 0.125. The first-order valence-electron chi connectivity index (χ1n) is 10.2. The van der Waals surface area contributed by atoms with E-state index >= 15 is 0 Å². The Labute approximate surface area is 173 Å². The third-order valence-corrected chi connectivity index (χ3v) is 6.16. The van der Waals surface area contributed by atoms with Gasteiger partial charge in [0.25, 0.3) is 5.91 Å². The van der Waals surface area contributed by atoms with Crippen LogP contribution in [0.25, 0.3) is 0 Å². The lowest BCUT2D eigenvalue weighted by molar-refractivity contribution is 0.0548. The van der Waals surface area contributed by atoms with Gasteiger partial charge in [-0.3, -0.25) is 9.52 Å². The van der Waals surface area contributed by atoms with E-state index in [0.29, 0.717) is 55.5 Å². The van der Waals surface area contributed by atoms with Gasteiger partial charge in [0.15, 0.2) is 0 Å². The van der Waals surface area contributed by atoms with E-state index < -0.39 is 10.9 Å². The predicted molar refractivity (Wildman–Crippen MR) is 111 cm³/mol. The van der Waals surface area contributed by atoms with Crippen molar-refractivity contribution < 1.29 is 22.7 Å². The SMILES string of the molecule is Cc1cc(C(=O)N2CCN(C(=O)OCCC3CCCC3)CC2)ccc1N[SH](=O)=O. The number of nitrogens with one attached hydrogen (secondary N) is 1. The fraction of sp³-hybridized carbons (Fsp3) is 0.600. The number of benzene rings is 1. The molecule has 8 nitrogen and oxygen atoms in total. The standard InChI is InChI=1S/C20H29N3O5S/c1-15-14-17(6-7-18(15)21-29(26)27)19(24)22-9-11-23(12-10-22)20(25)28-13-8-16-4-2-3-5-16/h6-7,14,16,29H,2-5,8-13H2,1H3,(H,21,26,27). The summed E-state index contributed by atoms with van der Waals surface area (Å²) in [4.78, 5) is 28.3. The van der Waals surface area contributed by atoms with Crippen molar-refractivity contribution >= 4 is 28.6 Å². The van der Waals surface area contributed by atoms with Crippen molar-refractivity contribution in [1.82, 2.24) is 9.80 Å².